The highest BCUT2D eigenvalue weighted by molar-refractivity contribution is 7.90. The summed E-state index contributed by atoms with van der Waals surface area (Å²) >= 11 is -1.19. The van der Waals surface area contributed by atoms with Crippen LogP contribution in [0.1, 0.15) is 45.7 Å². The maximum Gasteiger partial charge on any atom is 0.412 e. The predicted octanol–water partition coefficient (Wildman–Crippen LogP) is 3.06. The van der Waals surface area contributed by atoms with Crippen molar-refractivity contribution in [2.75, 3.05) is 4.90 Å². The first kappa shape index (κ1) is 16.1. The predicted molar refractivity (Wildman–Crippen MR) is 84.8 cm³/mol. The summed E-state index contributed by atoms with van der Waals surface area (Å²) in [5, 5.41) is 9.40. The highest BCUT2D eigenvalue weighted by Crippen LogP contribution is 2.37. The van der Waals surface area contributed by atoms with Gasteiger partial charge in [-0.15, -0.1) is 4.72 Å². The van der Waals surface area contributed by atoms with E-state index in [1.54, 1.807) is 6.07 Å². The summed E-state index contributed by atoms with van der Waals surface area (Å²) in [6, 6.07) is 7.13. The second-order valence-electron chi connectivity index (χ2n) is 6.35. The Morgan fingerprint density at radius 2 is 2.05 bits per heavy atom. The van der Waals surface area contributed by atoms with E-state index in [0.717, 1.165) is 5.56 Å². The standard InChI is InChI=1S/C15H22N2O3S/c1-10-9-12(16-21(20)15(2,3)4)11-7-5-6-8-13(11)17(10)14(18)19/h5-8,10,12,16H,9H2,1-4H3,(H,18,19)/t10-,12-,21-/m0/s1. The summed E-state index contributed by atoms with van der Waals surface area (Å²) in [4.78, 5) is 12.8. The van der Waals surface area contributed by atoms with Gasteiger partial charge in [-0.3, -0.25) is 4.90 Å². The smallest absolute Gasteiger partial charge is 0.412 e. The van der Waals surface area contributed by atoms with Gasteiger partial charge >= 0.3 is 6.09 Å². The van der Waals surface area contributed by atoms with Gasteiger partial charge in [0.25, 0.3) is 0 Å². The number of anilines is 1. The third kappa shape index (κ3) is 3.33. The van der Waals surface area contributed by atoms with Crippen LogP contribution in [-0.2, 0) is 11.4 Å². The Labute approximate surface area is 128 Å². The monoisotopic (exact) mass is 310 g/mol. The van der Waals surface area contributed by atoms with Crippen LogP contribution >= 0.6 is 0 Å². The molecule has 1 aliphatic heterocycles. The van der Waals surface area contributed by atoms with Gasteiger partial charge in [0.15, 0.2) is 0 Å². The lowest BCUT2D eigenvalue weighted by atomic mass is 9.93. The van der Waals surface area contributed by atoms with Crippen molar-refractivity contribution in [1.29, 1.82) is 0 Å². The van der Waals surface area contributed by atoms with Crippen molar-refractivity contribution >= 4 is 23.1 Å². The summed E-state index contributed by atoms with van der Waals surface area (Å²) in [7, 11) is 0. The summed E-state index contributed by atoms with van der Waals surface area (Å²) in [5.41, 5.74) is 1.56. The highest BCUT2D eigenvalue weighted by atomic mass is 32.2. The van der Waals surface area contributed by atoms with Crippen LogP contribution in [0.25, 0.3) is 0 Å². The Balaban J connectivity index is 2.33. The Kier molecular flexibility index (Phi) is 4.51. The van der Waals surface area contributed by atoms with Gasteiger partial charge in [0, 0.05) is 17.4 Å². The molecule has 0 saturated carbocycles. The van der Waals surface area contributed by atoms with Gasteiger partial charge in [-0.1, -0.05) is 18.2 Å². The van der Waals surface area contributed by atoms with E-state index in [2.05, 4.69) is 4.72 Å². The molecule has 6 heteroatoms. The number of benzene rings is 1. The third-order valence-corrected chi connectivity index (χ3v) is 5.21. The molecule has 1 amide bonds. The fourth-order valence-electron chi connectivity index (χ4n) is 2.52. The van der Waals surface area contributed by atoms with Gasteiger partial charge < -0.3 is 9.66 Å². The molecular weight excluding hydrogens is 288 g/mol. The van der Waals surface area contributed by atoms with E-state index in [0.29, 0.717) is 12.1 Å². The van der Waals surface area contributed by atoms with Gasteiger partial charge in [-0.2, -0.15) is 0 Å². The summed E-state index contributed by atoms with van der Waals surface area (Å²) < 4.78 is 15.1. The number of carboxylic acid groups (broad SMARTS) is 1. The molecule has 1 aromatic rings. The zero-order chi connectivity index (χ0) is 15.8. The molecule has 0 saturated heterocycles. The van der Waals surface area contributed by atoms with Crippen LogP contribution in [0.3, 0.4) is 0 Å². The van der Waals surface area contributed by atoms with Gasteiger partial charge in [0.05, 0.1) is 11.7 Å². The minimum Gasteiger partial charge on any atom is -0.598 e. The molecule has 2 rings (SSSR count). The molecule has 0 radical (unpaired) electrons. The SMILES string of the molecule is C[C@H]1C[C@H](N[S@@+]([O-])C(C)(C)C)c2ccccc2N1C(=O)O. The van der Waals surface area contributed by atoms with Crippen LogP contribution in [-0.4, -0.2) is 26.5 Å². The number of carbonyl (C=O) groups is 1. The van der Waals surface area contributed by atoms with Crippen LogP contribution in [0.4, 0.5) is 10.5 Å². The first-order chi connectivity index (χ1) is 9.71. The average molecular weight is 310 g/mol. The van der Waals surface area contributed by atoms with E-state index in [9.17, 15) is 14.5 Å². The number of fused-ring (bicyclic) bond motifs is 1. The number of nitrogens with one attached hydrogen (secondary N) is 1. The van der Waals surface area contributed by atoms with Crippen LogP contribution in [0.15, 0.2) is 24.3 Å². The average Bonchev–Trinajstić information content (AvgIpc) is 2.37. The van der Waals surface area contributed by atoms with Crippen LogP contribution < -0.4 is 9.62 Å². The van der Waals surface area contributed by atoms with Crippen molar-refractivity contribution < 1.29 is 14.5 Å². The molecule has 0 fully saturated rings. The minimum absolute atomic E-state index is 0.105. The van der Waals surface area contributed by atoms with Crippen molar-refractivity contribution in [2.45, 2.75) is 50.9 Å². The van der Waals surface area contributed by atoms with Crippen molar-refractivity contribution in [3.63, 3.8) is 0 Å². The lowest BCUT2D eigenvalue weighted by Gasteiger charge is -2.38. The Hall–Kier alpha value is -1.24. The zero-order valence-corrected chi connectivity index (χ0v) is 13.6. The summed E-state index contributed by atoms with van der Waals surface area (Å²) in [5.74, 6) is 0. The molecular formula is C15H22N2O3S. The molecule has 0 aromatic heterocycles. The van der Waals surface area contributed by atoms with E-state index < -0.39 is 17.5 Å². The summed E-state index contributed by atoms with van der Waals surface area (Å²) in [6.07, 6.45) is -0.351. The van der Waals surface area contributed by atoms with Crippen LogP contribution in [0.2, 0.25) is 0 Å². The van der Waals surface area contributed by atoms with Crippen molar-refractivity contribution in [1.82, 2.24) is 4.72 Å². The minimum atomic E-state index is -1.19. The third-order valence-electron chi connectivity index (χ3n) is 3.60. The fourth-order valence-corrected chi connectivity index (χ4v) is 3.36. The largest absolute Gasteiger partial charge is 0.598 e. The first-order valence-electron chi connectivity index (χ1n) is 7.01. The van der Waals surface area contributed by atoms with Gasteiger partial charge in [0.2, 0.25) is 0 Å². The number of rotatable bonds is 2. The Bertz CT molecular complexity index is 530. The second kappa shape index (κ2) is 5.87. The quantitative estimate of drug-likeness (QED) is 0.823. The van der Waals surface area contributed by atoms with Gasteiger partial charge in [0.1, 0.15) is 4.75 Å². The topological polar surface area (TPSA) is 75.6 Å². The molecule has 5 nitrogen and oxygen atoms in total. The molecule has 2 N–H and O–H groups in total. The van der Waals surface area contributed by atoms with Crippen molar-refractivity contribution in [3.05, 3.63) is 29.8 Å². The number of para-hydroxylation sites is 1. The number of amides is 1. The van der Waals surface area contributed by atoms with Gasteiger partial charge in [-0.05, 0) is 45.7 Å². The summed E-state index contributed by atoms with van der Waals surface area (Å²) in [6.45, 7) is 7.62. The highest BCUT2D eigenvalue weighted by Gasteiger charge is 2.37. The lowest BCUT2D eigenvalue weighted by molar-refractivity contribution is 0.197. The van der Waals surface area contributed by atoms with Gasteiger partial charge in [-0.25, -0.2) is 4.79 Å². The molecule has 0 bridgehead atoms. The van der Waals surface area contributed by atoms with E-state index >= 15 is 0 Å². The van der Waals surface area contributed by atoms with Crippen LogP contribution in [0, 0.1) is 0 Å². The normalized spacial score (nSPS) is 23.6. The fraction of sp³-hybridized carbons (Fsp3) is 0.533. The molecule has 116 valence electrons. The number of hydrogen-bond donors (Lipinski definition) is 2. The Morgan fingerprint density at radius 1 is 1.43 bits per heavy atom. The molecule has 1 aromatic carbocycles. The van der Waals surface area contributed by atoms with Crippen molar-refractivity contribution in [2.24, 2.45) is 0 Å². The molecule has 0 spiro atoms. The second-order valence-corrected chi connectivity index (χ2v) is 8.35. The molecule has 21 heavy (non-hydrogen) atoms. The van der Waals surface area contributed by atoms with Crippen LogP contribution in [0.5, 0.6) is 0 Å². The molecule has 1 heterocycles. The lowest BCUT2D eigenvalue weighted by Crippen LogP contribution is -2.48. The van der Waals surface area contributed by atoms with E-state index in [-0.39, 0.29) is 16.8 Å². The zero-order valence-electron chi connectivity index (χ0n) is 12.8. The van der Waals surface area contributed by atoms with E-state index in [4.69, 9.17) is 0 Å². The maximum atomic E-state index is 12.3. The molecule has 0 unspecified atom stereocenters. The molecule has 0 aliphatic carbocycles. The van der Waals surface area contributed by atoms with E-state index in [1.165, 1.54) is 4.90 Å². The Morgan fingerprint density at radius 3 is 2.62 bits per heavy atom. The number of hydrogen-bond acceptors (Lipinski definition) is 3. The van der Waals surface area contributed by atoms with Crippen molar-refractivity contribution in [3.8, 4) is 0 Å². The van der Waals surface area contributed by atoms with E-state index in [1.807, 2.05) is 45.9 Å². The maximum absolute atomic E-state index is 12.3. The first-order valence-corrected chi connectivity index (χ1v) is 8.16. The molecule has 1 aliphatic rings. The number of nitrogens with zero attached hydrogens (tertiary/aromatic N) is 1. The molecule has 3 atom stereocenters.